The van der Waals surface area contributed by atoms with Crippen molar-refractivity contribution in [1.82, 2.24) is 19.0 Å². The quantitative estimate of drug-likeness (QED) is 0.354. The van der Waals surface area contributed by atoms with E-state index in [0.717, 1.165) is 0 Å². The Hall–Kier alpha value is -4.15. The van der Waals surface area contributed by atoms with Crippen molar-refractivity contribution in [2.75, 3.05) is 32.1 Å². The van der Waals surface area contributed by atoms with Crippen LogP contribution in [0.4, 0.5) is 5.82 Å². The van der Waals surface area contributed by atoms with E-state index >= 15 is 0 Å². The third-order valence-corrected chi connectivity index (χ3v) is 6.63. The molecule has 10 nitrogen and oxygen atoms in total. The predicted molar refractivity (Wildman–Crippen MR) is 139 cm³/mol. The molecule has 0 radical (unpaired) electrons. The number of nitrogens with one attached hydrogen (secondary N) is 1. The van der Waals surface area contributed by atoms with Crippen LogP contribution in [0.25, 0.3) is 16.7 Å². The largest absolute Gasteiger partial charge is 0.457 e. The standard InChI is InChI=1S/C27H29N5O5/c1-28-25-24-22(13-14-29-25)31(19-6-5-15-30(16-19)26(35)23(34)17-33)27(36)32(24)18-9-11-21(12-10-18)37-20-7-3-2-4-8-20/h2-4,7-14,19,23,33-34H,5-6,15-17H2,1H3,(H,28,29)/t19-,23?/m1/s1. The number of benzene rings is 2. The lowest BCUT2D eigenvalue weighted by Crippen LogP contribution is -2.47. The SMILES string of the molecule is CNc1nccc2c1n(-c1ccc(Oc3ccccc3)cc1)c(=O)n2[C@@H]1CCCN(C(=O)C(O)CO)C1. The van der Waals surface area contributed by atoms with E-state index in [1.165, 1.54) is 4.90 Å². The molecular weight excluding hydrogens is 474 g/mol. The Kier molecular flexibility index (Phi) is 6.93. The van der Waals surface area contributed by atoms with Gasteiger partial charge in [0.15, 0.2) is 11.9 Å². The molecule has 1 fully saturated rings. The number of fused-ring (bicyclic) bond motifs is 1. The number of rotatable bonds is 7. The van der Waals surface area contributed by atoms with Gasteiger partial charge in [0.25, 0.3) is 5.91 Å². The zero-order valence-corrected chi connectivity index (χ0v) is 20.4. The van der Waals surface area contributed by atoms with Crippen LogP contribution in [0, 0.1) is 0 Å². The van der Waals surface area contributed by atoms with Gasteiger partial charge in [0.2, 0.25) is 0 Å². The first kappa shape index (κ1) is 24.5. The van der Waals surface area contributed by atoms with E-state index in [1.807, 2.05) is 54.6 Å². The number of ether oxygens (including phenoxy) is 1. The Bertz CT molecular complexity index is 1450. The molecule has 10 heteroatoms. The van der Waals surface area contributed by atoms with Gasteiger partial charge in [-0.1, -0.05) is 18.2 Å². The summed E-state index contributed by atoms with van der Waals surface area (Å²) in [6.45, 7) is 0.0857. The lowest BCUT2D eigenvalue weighted by Gasteiger charge is -2.34. The van der Waals surface area contributed by atoms with E-state index < -0.39 is 18.6 Å². The Labute approximate surface area is 213 Å². The van der Waals surface area contributed by atoms with Crippen LogP contribution in [0.1, 0.15) is 18.9 Å². The van der Waals surface area contributed by atoms with Gasteiger partial charge >= 0.3 is 5.69 Å². The van der Waals surface area contributed by atoms with E-state index in [-0.39, 0.29) is 18.3 Å². The van der Waals surface area contributed by atoms with Gasteiger partial charge in [-0.3, -0.25) is 13.9 Å². The molecule has 192 valence electrons. The van der Waals surface area contributed by atoms with E-state index in [1.54, 1.807) is 28.4 Å². The number of nitrogens with zero attached hydrogens (tertiary/aromatic N) is 4. The summed E-state index contributed by atoms with van der Waals surface area (Å²) in [6, 6.07) is 18.2. The van der Waals surface area contributed by atoms with Gasteiger partial charge < -0.3 is 25.2 Å². The smallest absolute Gasteiger partial charge is 0.334 e. The molecular formula is C27H29N5O5. The van der Waals surface area contributed by atoms with E-state index in [9.17, 15) is 19.8 Å². The molecule has 5 rings (SSSR count). The first-order valence-corrected chi connectivity index (χ1v) is 12.2. The summed E-state index contributed by atoms with van der Waals surface area (Å²) < 4.78 is 9.22. The van der Waals surface area contributed by atoms with Crippen molar-refractivity contribution >= 4 is 22.8 Å². The molecule has 2 atom stereocenters. The maximum atomic E-state index is 13.9. The van der Waals surface area contributed by atoms with Gasteiger partial charge in [-0.2, -0.15) is 0 Å². The summed E-state index contributed by atoms with van der Waals surface area (Å²) in [4.78, 5) is 32.4. The molecule has 37 heavy (non-hydrogen) atoms. The van der Waals surface area contributed by atoms with Crippen molar-refractivity contribution in [3.63, 3.8) is 0 Å². The van der Waals surface area contributed by atoms with Gasteiger partial charge in [0.05, 0.1) is 23.9 Å². The van der Waals surface area contributed by atoms with Crippen LogP contribution in [0.5, 0.6) is 11.5 Å². The minimum absolute atomic E-state index is 0.252. The Balaban J connectivity index is 1.55. The molecule has 3 N–H and O–H groups in total. The number of para-hydroxylation sites is 1. The van der Waals surface area contributed by atoms with Crippen LogP contribution in [0.3, 0.4) is 0 Å². The Morgan fingerprint density at radius 3 is 2.57 bits per heavy atom. The molecule has 0 aliphatic carbocycles. The molecule has 2 aromatic heterocycles. The van der Waals surface area contributed by atoms with Crippen LogP contribution < -0.4 is 15.7 Å². The molecule has 0 saturated carbocycles. The molecule has 2 aromatic carbocycles. The summed E-state index contributed by atoms with van der Waals surface area (Å²) in [5, 5.41) is 22.2. The highest BCUT2D eigenvalue weighted by molar-refractivity contribution is 5.88. The van der Waals surface area contributed by atoms with E-state index in [0.29, 0.717) is 53.4 Å². The maximum absolute atomic E-state index is 13.9. The average molecular weight is 504 g/mol. The fourth-order valence-corrected chi connectivity index (χ4v) is 4.88. The predicted octanol–water partition coefficient (Wildman–Crippen LogP) is 2.54. The Morgan fingerprint density at radius 1 is 1.14 bits per heavy atom. The first-order chi connectivity index (χ1) is 18.0. The molecule has 1 unspecified atom stereocenters. The molecule has 1 aliphatic rings. The topological polar surface area (TPSA) is 122 Å². The van der Waals surface area contributed by atoms with Gasteiger partial charge in [-0.25, -0.2) is 9.78 Å². The van der Waals surface area contributed by atoms with Crippen molar-refractivity contribution in [3.8, 4) is 17.2 Å². The van der Waals surface area contributed by atoms with Gasteiger partial charge in [0, 0.05) is 26.3 Å². The number of likely N-dealkylation sites (tertiary alicyclic amines) is 1. The average Bonchev–Trinajstić information content (AvgIpc) is 3.25. The Morgan fingerprint density at radius 2 is 1.86 bits per heavy atom. The van der Waals surface area contributed by atoms with Crippen LogP contribution in [0.2, 0.25) is 0 Å². The molecule has 1 saturated heterocycles. The number of amides is 1. The molecule has 0 bridgehead atoms. The van der Waals surface area contributed by atoms with E-state index in [4.69, 9.17) is 4.74 Å². The molecule has 0 spiro atoms. The lowest BCUT2D eigenvalue weighted by molar-refractivity contribution is -0.143. The molecule has 4 aromatic rings. The number of piperidine rings is 1. The summed E-state index contributed by atoms with van der Waals surface area (Å²) in [6.07, 6.45) is 1.54. The number of carbonyl (C=O) groups is 1. The number of pyridine rings is 1. The van der Waals surface area contributed by atoms with Crippen LogP contribution in [-0.4, -0.2) is 68.0 Å². The summed E-state index contributed by atoms with van der Waals surface area (Å²) in [5.74, 6) is 1.38. The number of aliphatic hydroxyl groups excluding tert-OH is 2. The third kappa shape index (κ3) is 4.68. The monoisotopic (exact) mass is 503 g/mol. The second kappa shape index (κ2) is 10.5. The zero-order chi connectivity index (χ0) is 25.9. The minimum atomic E-state index is -1.46. The summed E-state index contributed by atoms with van der Waals surface area (Å²) in [7, 11) is 1.75. The number of carbonyl (C=O) groups excluding carboxylic acids is 1. The zero-order valence-electron chi connectivity index (χ0n) is 20.4. The fourth-order valence-electron chi connectivity index (χ4n) is 4.88. The normalized spacial score (nSPS) is 16.5. The number of hydrogen-bond donors (Lipinski definition) is 3. The number of aliphatic hydroxyl groups is 2. The molecule has 1 amide bonds. The lowest BCUT2D eigenvalue weighted by atomic mass is 10.0. The van der Waals surface area contributed by atoms with Crippen LogP contribution >= 0.6 is 0 Å². The highest BCUT2D eigenvalue weighted by Crippen LogP contribution is 2.30. The maximum Gasteiger partial charge on any atom is 0.334 e. The highest BCUT2D eigenvalue weighted by Gasteiger charge is 2.31. The van der Waals surface area contributed by atoms with Crippen molar-refractivity contribution in [3.05, 3.63) is 77.3 Å². The number of aromatic nitrogens is 3. The molecule has 3 heterocycles. The number of hydrogen-bond acceptors (Lipinski definition) is 7. The highest BCUT2D eigenvalue weighted by atomic mass is 16.5. The first-order valence-electron chi connectivity index (χ1n) is 12.2. The van der Waals surface area contributed by atoms with Crippen LogP contribution in [0.15, 0.2) is 71.7 Å². The molecule has 1 aliphatic heterocycles. The van der Waals surface area contributed by atoms with Crippen molar-refractivity contribution in [2.45, 2.75) is 25.0 Å². The van der Waals surface area contributed by atoms with Gasteiger partial charge in [0.1, 0.15) is 17.0 Å². The van der Waals surface area contributed by atoms with Crippen molar-refractivity contribution in [1.29, 1.82) is 0 Å². The second-order valence-electron chi connectivity index (χ2n) is 8.95. The fraction of sp³-hybridized carbons (Fsp3) is 0.296. The van der Waals surface area contributed by atoms with Crippen molar-refractivity contribution < 1.29 is 19.7 Å². The summed E-state index contributed by atoms with van der Waals surface area (Å²) in [5.41, 5.74) is 1.72. The van der Waals surface area contributed by atoms with Gasteiger partial charge in [-0.15, -0.1) is 0 Å². The van der Waals surface area contributed by atoms with Crippen LogP contribution in [-0.2, 0) is 4.79 Å². The number of imidazole rings is 1. The van der Waals surface area contributed by atoms with E-state index in [2.05, 4.69) is 10.3 Å². The minimum Gasteiger partial charge on any atom is -0.457 e. The summed E-state index contributed by atoms with van der Waals surface area (Å²) >= 11 is 0. The van der Waals surface area contributed by atoms with Crippen molar-refractivity contribution in [2.24, 2.45) is 0 Å². The number of anilines is 1. The third-order valence-electron chi connectivity index (χ3n) is 6.63. The van der Waals surface area contributed by atoms with Gasteiger partial charge in [-0.05, 0) is 55.3 Å². The second-order valence-corrected chi connectivity index (χ2v) is 8.95.